The molecule has 0 bridgehead atoms. The van der Waals surface area contributed by atoms with Crippen LogP contribution in [-0.4, -0.2) is 46.7 Å². The number of aliphatic hydroxyl groups excluding tert-OH is 1. The van der Waals surface area contributed by atoms with Crippen molar-refractivity contribution < 1.29 is 33.3 Å². The van der Waals surface area contributed by atoms with Crippen molar-refractivity contribution in [3.8, 4) is 5.75 Å². The fourth-order valence-corrected chi connectivity index (χ4v) is 6.43. The number of thiophene rings is 1. The van der Waals surface area contributed by atoms with Crippen LogP contribution in [-0.2, 0) is 19.1 Å². The smallest absolute Gasteiger partial charge is 0.418 e. The summed E-state index contributed by atoms with van der Waals surface area (Å²) in [6.45, 7) is 4.28. The summed E-state index contributed by atoms with van der Waals surface area (Å²) < 4.78 is 31.0. The van der Waals surface area contributed by atoms with E-state index < -0.39 is 24.0 Å². The Bertz CT molecular complexity index is 1510. The van der Waals surface area contributed by atoms with Gasteiger partial charge in [-0.3, -0.25) is 0 Å². The number of fused-ring (bicyclic) bond motifs is 2. The number of halogens is 1. The fraction of sp³-hybridized carbons (Fsp3) is 0.333. The Morgan fingerprint density at radius 3 is 2.62 bits per heavy atom. The van der Waals surface area contributed by atoms with Crippen molar-refractivity contribution in [1.82, 2.24) is 4.98 Å². The zero-order chi connectivity index (χ0) is 25.9. The number of benzene rings is 2. The summed E-state index contributed by atoms with van der Waals surface area (Å²) in [6, 6.07) is 14.7. The van der Waals surface area contributed by atoms with Crippen molar-refractivity contribution in [2.45, 2.75) is 50.7 Å². The lowest BCUT2D eigenvalue weighted by Crippen LogP contribution is -2.47. The average Bonchev–Trinajstić information content (AvgIpc) is 3.56. The van der Waals surface area contributed by atoms with Crippen LogP contribution in [0.25, 0.3) is 21.0 Å². The maximum atomic E-state index is 14.2. The Hall–Kier alpha value is -3.63. The molecule has 0 radical (unpaired) electrons. The maximum absolute atomic E-state index is 14.2. The highest BCUT2D eigenvalue weighted by molar-refractivity contribution is 7.19. The van der Waals surface area contributed by atoms with E-state index in [-0.39, 0.29) is 11.9 Å². The van der Waals surface area contributed by atoms with Crippen LogP contribution >= 0.6 is 11.3 Å². The number of piperidine rings is 1. The third-order valence-electron chi connectivity index (χ3n) is 7.13. The lowest BCUT2D eigenvalue weighted by Gasteiger charge is -2.38. The van der Waals surface area contributed by atoms with Crippen molar-refractivity contribution in [2.24, 2.45) is 0 Å². The molecule has 2 aliphatic rings. The summed E-state index contributed by atoms with van der Waals surface area (Å²) in [5.74, 6) is -3.33. The van der Waals surface area contributed by atoms with Crippen LogP contribution in [0, 0.1) is 5.82 Å². The quantitative estimate of drug-likeness (QED) is 0.286. The lowest BCUT2D eigenvalue weighted by molar-refractivity contribution is -0.313. The second-order valence-electron chi connectivity index (χ2n) is 9.60. The topological polar surface area (TPSA) is 101 Å². The molecule has 2 aliphatic heterocycles. The number of esters is 2. The van der Waals surface area contributed by atoms with Gasteiger partial charge in [0.2, 0.25) is 0 Å². The first-order valence-corrected chi connectivity index (χ1v) is 13.0. The molecule has 0 amide bonds. The van der Waals surface area contributed by atoms with Crippen molar-refractivity contribution >= 4 is 50.1 Å². The molecule has 0 unspecified atom stereocenters. The van der Waals surface area contributed by atoms with Crippen LogP contribution < -0.4 is 9.64 Å². The average molecular weight is 525 g/mol. The van der Waals surface area contributed by atoms with Gasteiger partial charge >= 0.3 is 17.9 Å². The normalized spacial score (nSPS) is 22.3. The van der Waals surface area contributed by atoms with E-state index in [0.717, 1.165) is 35.4 Å². The molecule has 6 rings (SSSR count). The van der Waals surface area contributed by atoms with E-state index >= 15 is 0 Å². The number of hydrogen-bond acceptors (Lipinski definition) is 8. The summed E-state index contributed by atoms with van der Waals surface area (Å²) in [7, 11) is 0. The summed E-state index contributed by atoms with van der Waals surface area (Å²) >= 11 is 1.67. The highest BCUT2D eigenvalue weighted by Crippen LogP contribution is 2.41. The highest BCUT2D eigenvalue weighted by atomic mass is 32.1. The number of nitrogens with one attached hydrogen (secondary N) is 1. The Balaban J connectivity index is 1.25. The molecule has 2 fully saturated rings. The minimum Gasteiger partial charge on any atom is -0.418 e. The number of aliphatic hydroxyl groups is 1. The molecule has 4 heterocycles. The second-order valence-corrected chi connectivity index (χ2v) is 10.7. The van der Waals surface area contributed by atoms with Crippen LogP contribution in [0.4, 0.5) is 10.2 Å². The van der Waals surface area contributed by atoms with E-state index in [1.165, 1.54) is 17.9 Å². The summed E-state index contributed by atoms with van der Waals surface area (Å²) in [6.07, 6.45) is 0.427. The zero-order valence-corrected chi connectivity index (χ0v) is 21.0. The Morgan fingerprint density at radius 1 is 1.16 bits per heavy atom. The molecule has 2 saturated heterocycles. The minimum atomic E-state index is -2.24. The van der Waals surface area contributed by atoms with Crippen molar-refractivity contribution in [3.05, 3.63) is 59.2 Å². The van der Waals surface area contributed by atoms with E-state index in [0.29, 0.717) is 22.4 Å². The molecule has 3 atom stereocenters. The van der Waals surface area contributed by atoms with Crippen LogP contribution in [0.2, 0.25) is 0 Å². The molecule has 0 spiro atoms. The van der Waals surface area contributed by atoms with E-state index in [9.17, 15) is 19.1 Å². The van der Waals surface area contributed by atoms with Gasteiger partial charge in [0.15, 0.2) is 6.10 Å². The third kappa shape index (κ3) is 4.00. The largest absolute Gasteiger partial charge is 0.449 e. The van der Waals surface area contributed by atoms with E-state index in [2.05, 4.69) is 16.8 Å². The number of rotatable bonds is 5. The highest BCUT2D eigenvalue weighted by Gasteiger charge is 2.56. The van der Waals surface area contributed by atoms with Crippen molar-refractivity contribution in [2.75, 3.05) is 11.4 Å². The number of carbonyl (C=O) groups is 2. The van der Waals surface area contributed by atoms with Crippen molar-refractivity contribution in [3.63, 3.8) is 0 Å². The number of hydrogen-bond donors (Lipinski definition) is 2. The first-order chi connectivity index (χ1) is 17.7. The van der Waals surface area contributed by atoms with Gasteiger partial charge in [0, 0.05) is 32.9 Å². The Morgan fingerprint density at radius 2 is 1.92 bits per heavy atom. The van der Waals surface area contributed by atoms with E-state index in [4.69, 9.17) is 14.2 Å². The first-order valence-electron chi connectivity index (χ1n) is 12.1. The molecule has 4 aromatic rings. The molecule has 2 aromatic carbocycles. The number of ether oxygens (including phenoxy) is 3. The summed E-state index contributed by atoms with van der Waals surface area (Å²) in [4.78, 5) is 30.3. The van der Waals surface area contributed by atoms with Crippen molar-refractivity contribution in [1.29, 1.82) is 0 Å². The molecular weight excluding hydrogens is 499 g/mol. The SMILES string of the molecule is C[C@H](O)C1(Oc2cccc3[nH]c(N4CC[C@H](c5cc6c(F)cccc6s5)C[C@@H]4C)cc23)OC(=O)C(=O)O1. The Kier molecular flexibility index (Phi) is 5.61. The zero-order valence-electron chi connectivity index (χ0n) is 20.2. The summed E-state index contributed by atoms with van der Waals surface area (Å²) in [5, 5.41) is 11.6. The number of aromatic nitrogens is 1. The molecule has 2 aromatic heterocycles. The fourth-order valence-electron chi connectivity index (χ4n) is 5.20. The van der Waals surface area contributed by atoms with Gasteiger partial charge in [-0.15, -0.1) is 11.3 Å². The van der Waals surface area contributed by atoms with Gasteiger partial charge in [0.1, 0.15) is 17.4 Å². The van der Waals surface area contributed by atoms with Gasteiger partial charge in [-0.1, -0.05) is 12.1 Å². The van der Waals surface area contributed by atoms with Gasteiger partial charge in [-0.2, -0.15) is 0 Å². The third-order valence-corrected chi connectivity index (χ3v) is 8.39. The van der Waals surface area contributed by atoms with E-state index in [1.54, 1.807) is 29.5 Å². The predicted octanol–water partition coefficient (Wildman–Crippen LogP) is 4.81. The van der Waals surface area contributed by atoms with Crippen LogP contribution in [0.15, 0.2) is 48.5 Å². The second kappa shape index (κ2) is 8.74. The van der Waals surface area contributed by atoms with Gasteiger partial charge in [0.25, 0.3) is 0 Å². The number of cyclic esters (lactones) is 2. The summed E-state index contributed by atoms with van der Waals surface area (Å²) in [5.41, 5.74) is 0.776. The molecule has 10 heteroatoms. The van der Waals surface area contributed by atoms with Gasteiger partial charge < -0.3 is 29.2 Å². The Labute approximate surface area is 215 Å². The monoisotopic (exact) mass is 524 g/mol. The maximum Gasteiger partial charge on any atom is 0.449 e. The standard InChI is InChI=1S/C27H25FN2O6S/c1-14-11-16(23-12-17-19(28)5-3-8-22(17)37-23)9-10-30(14)24-13-18-20(29-24)6-4-7-21(18)34-27(15(2)31)35-25(32)26(33)36-27/h3-8,12-16,29,31H,9-11H2,1-2H3/t14-,15-,16-/m0/s1. The number of aromatic amines is 1. The predicted molar refractivity (Wildman–Crippen MR) is 136 cm³/mol. The molecule has 192 valence electrons. The van der Waals surface area contributed by atoms with Gasteiger partial charge in [0.05, 0.1) is 5.52 Å². The molecule has 2 N–H and O–H groups in total. The van der Waals surface area contributed by atoms with E-state index in [1.807, 2.05) is 24.3 Å². The van der Waals surface area contributed by atoms with Crippen LogP contribution in [0.5, 0.6) is 5.75 Å². The van der Waals surface area contributed by atoms with Gasteiger partial charge in [-0.05, 0) is 69.0 Å². The molecule has 0 saturated carbocycles. The number of anilines is 1. The molecular formula is C27H25FN2O6S. The molecule has 8 nitrogen and oxygen atoms in total. The van der Waals surface area contributed by atoms with Gasteiger partial charge in [-0.25, -0.2) is 14.0 Å². The number of H-pyrrole nitrogens is 1. The molecule has 37 heavy (non-hydrogen) atoms. The van der Waals surface area contributed by atoms with Crippen LogP contribution in [0.3, 0.4) is 0 Å². The lowest BCUT2D eigenvalue weighted by atomic mass is 9.90. The minimum absolute atomic E-state index is 0.180. The number of carbonyl (C=O) groups excluding carboxylic acids is 2. The van der Waals surface area contributed by atoms with Crippen LogP contribution in [0.1, 0.15) is 37.5 Å². The first kappa shape index (κ1) is 23.7. The molecule has 0 aliphatic carbocycles. The number of nitrogens with zero attached hydrogens (tertiary/aromatic N) is 1.